The number of β-lactam (4-membered cyclic amide) rings is 1. The largest absolute Gasteiger partial charge is 0.481 e. The summed E-state index contributed by atoms with van der Waals surface area (Å²) in [6.45, 7) is 4.58. The molecule has 3 aliphatic rings. The fourth-order valence-electron chi connectivity index (χ4n) is 3.90. The van der Waals surface area contributed by atoms with Gasteiger partial charge in [-0.2, -0.15) is 4.83 Å². The van der Waals surface area contributed by atoms with Crippen LogP contribution in [-0.2, 0) is 35.3 Å². The average molecular weight is 641 g/mol. The van der Waals surface area contributed by atoms with Crippen LogP contribution in [0.25, 0.3) is 0 Å². The molecule has 3 aliphatic heterocycles. The lowest BCUT2D eigenvalue weighted by atomic mass is 9.89. The molecule has 4 rings (SSSR count). The van der Waals surface area contributed by atoms with Gasteiger partial charge in [-0.05, 0) is 43.1 Å². The molecule has 1 aromatic rings. The number of amides is 2. The first-order chi connectivity index (χ1) is 19.8. The van der Waals surface area contributed by atoms with Crippen molar-refractivity contribution in [1.29, 1.82) is 0 Å². The number of amidine groups is 1. The van der Waals surface area contributed by atoms with Gasteiger partial charge in [-0.3, -0.25) is 14.4 Å². The zero-order valence-corrected chi connectivity index (χ0v) is 25.1. The molecule has 226 valence electrons. The van der Waals surface area contributed by atoms with Crippen LogP contribution in [0.1, 0.15) is 20.8 Å². The van der Waals surface area contributed by atoms with Crippen LogP contribution >= 0.6 is 35.5 Å². The number of nitrogens with two attached hydrogens (primary N) is 1. The topological polar surface area (TPSA) is 219 Å². The molecule has 0 radical (unpaired) electrons. The maximum absolute atomic E-state index is 13.2. The number of thioether (sulfide) groups is 2. The first-order valence-corrected chi connectivity index (χ1v) is 15.1. The van der Waals surface area contributed by atoms with Crippen LogP contribution in [0.5, 0.6) is 0 Å². The molecule has 20 heteroatoms. The van der Waals surface area contributed by atoms with Crippen LogP contribution in [0, 0.1) is 17.8 Å². The molecule has 0 aromatic carbocycles. The number of esters is 1. The highest BCUT2D eigenvalue weighted by molar-refractivity contribution is 8.01. The number of terminal acetylenes is 1. The molecule has 2 unspecified atom stereocenters. The standard InChI is InChI=1S/C22H28N10O7S3/c1-5-6-31-20(25-27-28-31)41-11-22(19(36)37)9-30-17(35)14(18(30)40-10-22)24-16(34)15(32-7-12(23)42-29-32)26-38-8-13(33)39-21(2,3)4/h1,7,14,18,29H,6,8-11,23H2,2-4H3,(H,24,34)(H,36,37)/t14?,18-,22?/m1/s1. The Labute approximate surface area is 252 Å². The zero-order valence-electron chi connectivity index (χ0n) is 22.7. The van der Waals surface area contributed by atoms with Gasteiger partial charge in [0.2, 0.25) is 17.7 Å². The van der Waals surface area contributed by atoms with E-state index in [1.54, 1.807) is 20.8 Å². The van der Waals surface area contributed by atoms with Crippen molar-refractivity contribution in [3.8, 4) is 12.3 Å². The first-order valence-electron chi connectivity index (χ1n) is 12.2. The van der Waals surface area contributed by atoms with E-state index >= 15 is 0 Å². The molecule has 0 bridgehead atoms. The zero-order chi connectivity index (χ0) is 30.7. The van der Waals surface area contributed by atoms with E-state index < -0.39 is 52.8 Å². The van der Waals surface area contributed by atoms with E-state index in [-0.39, 0.29) is 30.4 Å². The highest BCUT2D eigenvalue weighted by Gasteiger charge is 2.57. The number of hydrazine groups is 1. The molecule has 5 N–H and O–H groups in total. The first kappa shape index (κ1) is 31.3. The van der Waals surface area contributed by atoms with E-state index in [0.717, 1.165) is 23.7 Å². The maximum atomic E-state index is 13.2. The predicted octanol–water partition coefficient (Wildman–Crippen LogP) is -1.23. The van der Waals surface area contributed by atoms with Crippen molar-refractivity contribution in [2.45, 2.75) is 49.5 Å². The van der Waals surface area contributed by atoms with Crippen molar-refractivity contribution >= 4 is 65.1 Å². The monoisotopic (exact) mass is 640 g/mol. The van der Waals surface area contributed by atoms with Crippen LogP contribution in [0.15, 0.2) is 21.5 Å². The number of aromatic nitrogens is 4. The Kier molecular flexibility index (Phi) is 9.44. The number of rotatable bonds is 9. The Balaban J connectivity index is 1.40. The summed E-state index contributed by atoms with van der Waals surface area (Å²) in [5.41, 5.74) is 3.74. The van der Waals surface area contributed by atoms with Gasteiger partial charge in [-0.15, -0.1) is 23.3 Å². The van der Waals surface area contributed by atoms with Crippen molar-refractivity contribution in [2.24, 2.45) is 16.3 Å². The van der Waals surface area contributed by atoms with E-state index in [0.29, 0.717) is 10.2 Å². The molecular formula is C22H28N10O7S3. The van der Waals surface area contributed by atoms with Gasteiger partial charge in [0, 0.05) is 18.1 Å². The minimum atomic E-state index is -1.29. The Morgan fingerprint density at radius 3 is 2.83 bits per heavy atom. The molecule has 42 heavy (non-hydrogen) atoms. The highest BCUT2D eigenvalue weighted by Crippen LogP contribution is 2.44. The highest BCUT2D eigenvalue weighted by atomic mass is 32.2. The number of carboxylic acid groups (broad SMARTS) is 1. The average Bonchev–Trinajstić information content (AvgIpc) is 3.55. The molecule has 2 saturated heterocycles. The van der Waals surface area contributed by atoms with E-state index in [9.17, 15) is 24.3 Å². The van der Waals surface area contributed by atoms with Gasteiger partial charge in [0.15, 0.2) is 0 Å². The molecule has 17 nitrogen and oxygen atoms in total. The number of nitrogens with zero attached hydrogens (tertiary/aromatic N) is 7. The molecule has 4 heterocycles. The van der Waals surface area contributed by atoms with Crippen LogP contribution < -0.4 is 15.9 Å². The molecular weight excluding hydrogens is 613 g/mol. The summed E-state index contributed by atoms with van der Waals surface area (Å²) in [6, 6.07) is -0.947. The van der Waals surface area contributed by atoms with Gasteiger partial charge in [-0.1, -0.05) is 22.8 Å². The lowest BCUT2D eigenvalue weighted by Gasteiger charge is -2.53. The number of hydrogen-bond acceptors (Lipinski definition) is 15. The van der Waals surface area contributed by atoms with Crippen molar-refractivity contribution in [2.75, 3.05) is 24.7 Å². The number of carbonyl (C=O) groups excluding carboxylic acids is 3. The molecule has 3 atom stereocenters. The van der Waals surface area contributed by atoms with E-state index in [2.05, 4.69) is 36.7 Å². The lowest BCUT2D eigenvalue weighted by Crippen LogP contribution is -2.74. The lowest BCUT2D eigenvalue weighted by molar-refractivity contribution is -0.160. The van der Waals surface area contributed by atoms with Crippen molar-refractivity contribution in [3.05, 3.63) is 11.2 Å². The summed E-state index contributed by atoms with van der Waals surface area (Å²) in [6.07, 6.45) is 6.70. The van der Waals surface area contributed by atoms with Gasteiger partial charge in [0.05, 0.1) is 6.20 Å². The fraction of sp³-hybridized carbons (Fsp3) is 0.545. The number of nitrogens with one attached hydrogen (secondary N) is 2. The SMILES string of the molecule is C#CCn1nnnc1SCC1(C(=O)O)CS[C@@H]2C(NC(=O)C(=NOCC(=O)OC(C)(C)C)N3C=C(N)SN3)C(=O)N2C1. The third kappa shape index (κ3) is 7.03. The van der Waals surface area contributed by atoms with Gasteiger partial charge < -0.3 is 30.6 Å². The third-order valence-corrected chi connectivity index (χ3v) is 9.27. The number of hydrogen-bond donors (Lipinski definition) is 4. The van der Waals surface area contributed by atoms with Crippen molar-refractivity contribution < 1.29 is 33.9 Å². The fourth-order valence-corrected chi connectivity index (χ4v) is 7.14. The maximum Gasteiger partial charge on any atom is 0.347 e. The van der Waals surface area contributed by atoms with Gasteiger partial charge >= 0.3 is 11.9 Å². The second-order valence-corrected chi connectivity index (χ2v) is 13.1. The van der Waals surface area contributed by atoms with Gasteiger partial charge in [0.25, 0.3) is 11.7 Å². The molecule has 2 amide bonds. The van der Waals surface area contributed by atoms with Crippen molar-refractivity contribution in [3.63, 3.8) is 0 Å². The Morgan fingerprint density at radius 2 is 2.19 bits per heavy atom. The van der Waals surface area contributed by atoms with Crippen LogP contribution in [0.2, 0.25) is 0 Å². The van der Waals surface area contributed by atoms with Crippen LogP contribution in [0.3, 0.4) is 0 Å². The summed E-state index contributed by atoms with van der Waals surface area (Å²) >= 11 is 3.38. The minimum Gasteiger partial charge on any atom is -0.481 e. The van der Waals surface area contributed by atoms with E-state index in [4.69, 9.17) is 21.7 Å². The van der Waals surface area contributed by atoms with Gasteiger partial charge in [-0.25, -0.2) is 14.5 Å². The number of carbonyl (C=O) groups is 4. The van der Waals surface area contributed by atoms with Gasteiger partial charge in [0.1, 0.15) is 34.0 Å². The van der Waals surface area contributed by atoms with E-state index in [1.165, 1.54) is 32.6 Å². The summed E-state index contributed by atoms with van der Waals surface area (Å²) in [7, 11) is 0. The summed E-state index contributed by atoms with van der Waals surface area (Å²) in [5, 5.41) is 29.1. The van der Waals surface area contributed by atoms with E-state index in [1.807, 2.05) is 0 Å². The summed E-state index contributed by atoms with van der Waals surface area (Å²) < 4.78 is 6.54. The number of ether oxygens (including phenoxy) is 1. The van der Waals surface area contributed by atoms with Crippen molar-refractivity contribution in [1.82, 2.24) is 40.3 Å². The Bertz CT molecular complexity index is 1360. The number of oxime groups is 1. The molecule has 1 aromatic heterocycles. The molecule has 0 spiro atoms. The third-order valence-electron chi connectivity index (χ3n) is 5.81. The second kappa shape index (κ2) is 12.7. The summed E-state index contributed by atoms with van der Waals surface area (Å²) in [5.74, 6) is -0.655. The minimum absolute atomic E-state index is 0.0710. The summed E-state index contributed by atoms with van der Waals surface area (Å²) in [4.78, 5) is 59.9. The van der Waals surface area contributed by atoms with Crippen LogP contribution in [-0.4, -0.2) is 106 Å². The normalized spacial score (nSPS) is 23.8. The Hall–Kier alpha value is -3.67. The molecule has 0 aliphatic carbocycles. The Morgan fingerprint density at radius 1 is 1.43 bits per heavy atom. The number of aliphatic carboxylic acids is 1. The molecule has 2 fully saturated rings. The second-order valence-electron chi connectivity index (χ2n) is 10.2. The molecule has 0 saturated carbocycles. The number of tetrazole rings is 1. The number of fused-ring (bicyclic) bond motifs is 1. The van der Waals surface area contributed by atoms with Crippen LogP contribution in [0.4, 0.5) is 0 Å². The smallest absolute Gasteiger partial charge is 0.347 e. The quantitative estimate of drug-likeness (QED) is 0.0363. The number of carboxylic acids is 1. The predicted molar refractivity (Wildman–Crippen MR) is 151 cm³/mol.